The summed E-state index contributed by atoms with van der Waals surface area (Å²) < 4.78 is 18.0. The van der Waals surface area contributed by atoms with Crippen molar-refractivity contribution in [2.75, 3.05) is 13.7 Å². The number of aliphatic hydroxyl groups excluding tert-OH is 1. The standard InChI is InChI=1S/C10H13FO3/c1-14-10-6-8(11)7(3-2-4-12)5-9(10)13/h5-6,12-13H,2-4H2,1H3. The lowest BCUT2D eigenvalue weighted by Gasteiger charge is -2.07. The highest BCUT2D eigenvalue weighted by molar-refractivity contribution is 5.42. The molecule has 0 fully saturated rings. The number of ether oxygens (including phenoxy) is 1. The maximum absolute atomic E-state index is 13.3. The van der Waals surface area contributed by atoms with Crippen LogP contribution in [-0.2, 0) is 6.42 Å². The summed E-state index contributed by atoms with van der Waals surface area (Å²) >= 11 is 0. The van der Waals surface area contributed by atoms with Crippen LogP contribution in [0.3, 0.4) is 0 Å². The summed E-state index contributed by atoms with van der Waals surface area (Å²) in [5.41, 5.74) is 0.386. The van der Waals surface area contributed by atoms with Crippen LogP contribution in [0.15, 0.2) is 12.1 Å². The minimum atomic E-state index is -0.423. The highest BCUT2D eigenvalue weighted by Crippen LogP contribution is 2.29. The Balaban J connectivity index is 2.90. The third-order valence-corrected chi connectivity index (χ3v) is 1.95. The second-order valence-corrected chi connectivity index (χ2v) is 2.94. The van der Waals surface area contributed by atoms with Gasteiger partial charge < -0.3 is 14.9 Å². The second-order valence-electron chi connectivity index (χ2n) is 2.94. The summed E-state index contributed by atoms with van der Waals surface area (Å²) in [4.78, 5) is 0. The van der Waals surface area contributed by atoms with Crippen molar-refractivity contribution in [3.8, 4) is 11.5 Å². The normalized spacial score (nSPS) is 10.2. The average Bonchev–Trinajstić information content (AvgIpc) is 2.18. The number of aryl methyl sites for hydroxylation is 1. The van der Waals surface area contributed by atoms with Gasteiger partial charge in [-0.05, 0) is 24.5 Å². The summed E-state index contributed by atoms with van der Waals surface area (Å²) in [6.45, 7) is 0.00618. The van der Waals surface area contributed by atoms with Gasteiger partial charge in [-0.25, -0.2) is 4.39 Å². The minimum Gasteiger partial charge on any atom is -0.504 e. The first-order chi connectivity index (χ1) is 6.69. The molecule has 0 unspecified atom stereocenters. The third kappa shape index (κ3) is 2.35. The molecule has 0 aliphatic heterocycles. The zero-order valence-electron chi connectivity index (χ0n) is 7.96. The molecule has 0 bridgehead atoms. The van der Waals surface area contributed by atoms with Crippen LogP contribution < -0.4 is 4.74 Å². The van der Waals surface area contributed by atoms with Gasteiger partial charge in [0.2, 0.25) is 0 Å². The number of aliphatic hydroxyl groups is 1. The fourth-order valence-electron chi connectivity index (χ4n) is 1.21. The van der Waals surface area contributed by atoms with Crippen molar-refractivity contribution in [3.05, 3.63) is 23.5 Å². The Morgan fingerprint density at radius 3 is 2.71 bits per heavy atom. The van der Waals surface area contributed by atoms with Crippen molar-refractivity contribution in [3.63, 3.8) is 0 Å². The van der Waals surface area contributed by atoms with Crippen molar-refractivity contribution in [2.24, 2.45) is 0 Å². The van der Waals surface area contributed by atoms with E-state index in [1.807, 2.05) is 0 Å². The first kappa shape index (κ1) is 10.8. The third-order valence-electron chi connectivity index (χ3n) is 1.95. The van der Waals surface area contributed by atoms with Crippen molar-refractivity contribution in [1.29, 1.82) is 0 Å². The number of hydrogen-bond acceptors (Lipinski definition) is 3. The second kappa shape index (κ2) is 4.81. The van der Waals surface area contributed by atoms with Gasteiger partial charge in [0.1, 0.15) is 5.82 Å². The zero-order valence-corrected chi connectivity index (χ0v) is 7.96. The molecule has 4 heteroatoms. The summed E-state index contributed by atoms with van der Waals surface area (Å²) in [7, 11) is 1.36. The number of benzene rings is 1. The summed E-state index contributed by atoms with van der Waals surface area (Å²) in [6.07, 6.45) is 0.878. The molecule has 0 aromatic heterocycles. The molecule has 78 valence electrons. The molecule has 14 heavy (non-hydrogen) atoms. The largest absolute Gasteiger partial charge is 0.504 e. The minimum absolute atomic E-state index is 0.00618. The number of rotatable bonds is 4. The van der Waals surface area contributed by atoms with E-state index >= 15 is 0 Å². The van der Waals surface area contributed by atoms with Crippen molar-refractivity contribution < 1.29 is 19.3 Å². The van der Waals surface area contributed by atoms with Crippen molar-refractivity contribution in [1.82, 2.24) is 0 Å². The molecule has 1 rings (SSSR count). The number of phenolic OH excluding ortho intramolecular Hbond substituents is 1. The van der Waals surface area contributed by atoms with Gasteiger partial charge in [0.05, 0.1) is 7.11 Å². The molecular weight excluding hydrogens is 187 g/mol. The van der Waals surface area contributed by atoms with Gasteiger partial charge in [0, 0.05) is 12.7 Å². The van der Waals surface area contributed by atoms with Gasteiger partial charge in [-0.2, -0.15) is 0 Å². The van der Waals surface area contributed by atoms with E-state index in [1.165, 1.54) is 13.2 Å². The van der Waals surface area contributed by atoms with E-state index in [1.54, 1.807) is 0 Å². The molecule has 0 atom stereocenters. The number of phenols is 1. The van der Waals surface area contributed by atoms with E-state index < -0.39 is 5.82 Å². The lowest BCUT2D eigenvalue weighted by molar-refractivity contribution is 0.287. The molecule has 0 spiro atoms. The Kier molecular flexibility index (Phi) is 3.71. The molecule has 0 aliphatic carbocycles. The molecule has 1 aromatic rings. The summed E-state index contributed by atoms with van der Waals surface area (Å²) in [5.74, 6) is -0.384. The van der Waals surface area contributed by atoms with Gasteiger partial charge in [0.15, 0.2) is 11.5 Å². The summed E-state index contributed by atoms with van der Waals surface area (Å²) in [6, 6.07) is 2.46. The Morgan fingerprint density at radius 2 is 2.14 bits per heavy atom. The van der Waals surface area contributed by atoms with Gasteiger partial charge in [0.25, 0.3) is 0 Å². The maximum atomic E-state index is 13.3. The predicted molar refractivity (Wildman–Crippen MR) is 50.0 cm³/mol. The van der Waals surface area contributed by atoms with E-state index in [-0.39, 0.29) is 18.1 Å². The van der Waals surface area contributed by atoms with E-state index in [0.717, 1.165) is 6.07 Å². The van der Waals surface area contributed by atoms with Crippen LogP contribution in [0.5, 0.6) is 11.5 Å². The topological polar surface area (TPSA) is 49.7 Å². The van der Waals surface area contributed by atoms with Crippen LogP contribution in [0.4, 0.5) is 4.39 Å². The van der Waals surface area contributed by atoms with Crippen LogP contribution in [0.25, 0.3) is 0 Å². The highest BCUT2D eigenvalue weighted by Gasteiger charge is 2.08. The smallest absolute Gasteiger partial charge is 0.163 e. The number of hydrogen-bond donors (Lipinski definition) is 2. The highest BCUT2D eigenvalue weighted by atomic mass is 19.1. The van der Waals surface area contributed by atoms with Crippen LogP contribution in [0.2, 0.25) is 0 Å². The molecule has 3 nitrogen and oxygen atoms in total. The zero-order chi connectivity index (χ0) is 10.6. The molecule has 1 aromatic carbocycles. The van der Waals surface area contributed by atoms with Crippen LogP contribution >= 0.6 is 0 Å². The molecule has 0 amide bonds. The number of aromatic hydroxyl groups is 1. The number of methoxy groups -OCH3 is 1. The van der Waals surface area contributed by atoms with Gasteiger partial charge in [-0.1, -0.05) is 0 Å². The number of halogens is 1. The molecule has 0 aliphatic rings. The lowest BCUT2D eigenvalue weighted by atomic mass is 10.1. The molecule has 0 saturated heterocycles. The van der Waals surface area contributed by atoms with E-state index in [2.05, 4.69) is 0 Å². The van der Waals surface area contributed by atoms with Gasteiger partial charge >= 0.3 is 0 Å². The average molecular weight is 200 g/mol. The van der Waals surface area contributed by atoms with Gasteiger partial charge in [-0.15, -0.1) is 0 Å². The quantitative estimate of drug-likeness (QED) is 0.773. The summed E-state index contributed by atoms with van der Waals surface area (Å²) in [5, 5.41) is 17.9. The van der Waals surface area contributed by atoms with Crippen LogP contribution in [0, 0.1) is 5.82 Å². The lowest BCUT2D eigenvalue weighted by Crippen LogP contribution is -1.95. The van der Waals surface area contributed by atoms with Crippen LogP contribution in [-0.4, -0.2) is 23.9 Å². The Hall–Kier alpha value is -1.29. The first-order valence-corrected chi connectivity index (χ1v) is 4.35. The Labute approximate surface area is 81.8 Å². The first-order valence-electron chi connectivity index (χ1n) is 4.35. The fourth-order valence-corrected chi connectivity index (χ4v) is 1.21. The molecular formula is C10H13FO3. The monoisotopic (exact) mass is 200 g/mol. The predicted octanol–water partition coefficient (Wildman–Crippen LogP) is 1.46. The molecule has 2 N–H and O–H groups in total. The van der Waals surface area contributed by atoms with E-state index in [4.69, 9.17) is 9.84 Å². The van der Waals surface area contributed by atoms with E-state index in [0.29, 0.717) is 18.4 Å². The SMILES string of the molecule is COc1cc(F)c(CCCO)cc1O. The maximum Gasteiger partial charge on any atom is 0.163 e. The van der Waals surface area contributed by atoms with Crippen molar-refractivity contribution >= 4 is 0 Å². The van der Waals surface area contributed by atoms with E-state index in [9.17, 15) is 9.50 Å². The van der Waals surface area contributed by atoms with Crippen molar-refractivity contribution in [2.45, 2.75) is 12.8 Å². The Bertz CT molecular complexity index is 312. The molecule has 0 heterocycles. The van der Waals surface area contributed by atoms with Gasteiger partial charge in [-0.3, -0.25) is 0 Å². The Morgan fingerprint density at radius 1 is 1.43 bits per heavy atom. The fraction of sp³-hybridized carbons (Fsp3) is 0.400. The van der Waals surface area contributed by atoms with Crippen LogP contribution in [0.1, 0.15) is 12.0 Å². The molecule has 0 saturated carbocycles. The molecule has 0 radical (unpaired) electrons.